The number of carbonyl (C=O) groups excluding carboxylic acids is 1. The summed E-state index contributed by atoms with van der Waals surface area (Å²) in [6.45, 7) is 0. The maximum absolute atomic E-state index is 11.1. The minimum absolute atomic E-state index is 0.207. The lowest BCUT2D eigenvalue weighted by molar-refractivity contribution is 0.0498. The van der Waals surface area contributed by atoms with Gasteiger partial charge in [-0.15, -0.1) is 0 Å². The van der Waals surface area contributed by atoms with E-state index in [2.05, 4.69) is 15.0 Å². The Balaban J connectivity index is 2.64. The van der Waals surface area contributed by atoms with Crippen LogP contribution in [0.4, 0.5) is 0 Å². The fourth-order valence-electron chi connectivity index (χ4n) is 1.17. The molecule has 0 bridgehead atoms. The predicted molar refractivity (Wildman–Crippen MR) is 45.7 cm³/mol. The Morgan fingerprint density at radius 1 is 1.46 bits per heavy atom. The predicted octanol–water partition coefficient (Wildman–Crippen LogP) is 0.593. The number of fused-ring (bicyclic) bond motifs is 1. The van der Waals surface area contributed by atoms with Crippen LogP contribution in [0.1, 0.15) is 10.5 Å². The molecule has 0 saturated carbocycles. The number of hydrogen-bond donors (Lipinski definition) is 2. The number of hydrogen-bond acceptors (Lipinski definition) is 4. The number of H-pyrrole nitrogens is 1. The Labute approximate surface area is 73.4 Å². The molecule has 2 aromatic rings. The largest absolute Gasteiger partial charge is 0.377 e. The molecule has 2 rings (SSSR count). The minimum atomic E-state index is -0.641. The lowest BCUT2D eigenvalue weighted by Crippen LogP contribution is -2.10. The first-order valence-corrected chi connectivity index (χ1v) is 3.67. The van der Waals surface area contributed by atoms with E-state index in [-0.39, 0.29) is 5.69 Å². The highest BCUT2D eigenvalue weighted by Crippen LogP contribution is 2.14. The number of nitrogens with zero attached hydrogens (tertiary/aromatic N) is 1. The van der Waals surface area contributed by atoms with Crippen LogP contribution in [0.15, 0.2) is 24.3 Å². The molecule has 1 aromatic carbocycles. The monoisotopic (exact) mass is 177 g/mol. The van der Waals surface area contributed by atoms with Crippen LogP contribution < -0.4 is 5.90 Å². The molecular weight excluding hydrogens is 170 g/mol. The molecule has 5 heteroatoms. The molecule has 3 N–H and O–H groups in total. The topological polar surface area (TPSA) is 81.0 Å². The average molecular weight is 177 g/mol. The van der Waals surface area contributed by atoms with Gasteiger partial charge in [0.15, 0.2) is 5.69 Å². The molecule has 0 radical (unpaired) electrons. The number of nitrogens with one attached hydrogen (secondary N) is 1. The fraction of sp³-hybridized carbons (Fsp3) is 0. The third kappa shape index (κ3) is 1.15. The van der Waals surface area contributed by atoms with E-state index in [4.69, 9.17) is 5.90 Å². The molecule has 0 fully saturated rings. The third-order valence-corrected chi connectivity index (χ3v) is 1.77. The first-order valence-electron chi connectivity index (χ1n) is 3.67. The summed E-state index contributed by atoms with van der Waals surface area (Å²) in [6.07, 6.45) is 0. The summed E-state index contributed by atoms with van der Waals surface area (Å²) in [5.41, 5.74) is 0.987. The van der Waals surface area contributed by atoms with Crippen molar-refractivity contribution in [3.8, 4) is 0 Å². The van der Waals surface area contributed by atoms with Gasteiger partial charge < -0.3 is 4.84 Å². The van der Waals surface area contributed by atoms with Crippen LogP contribution in [0.3, 0.4) is 0 Å². The van der Waals surface area contributed by atoms with Gasteiger partial charge in [0.2, 0.25) is 0 Å². The first-order chi connectivity index (χ1) is 6.33. The van der Waals surface area contributed by atoms with Gasteiger partial charge in [-0.2, -0.15) is 11.0 Å². The third-order valence-electron chi connectivity index (χ3n) is 1.77. The standard InChI is InChI=1S/C8H7N3O2/c9-13-8(12)7-5-3-1-2-4-6(5)10-11-7/h1-4H,9H2,(H,10,11). The number of aromatic nitrogens is 2. The van der Waals surface area contributed by atoms with Crippen molar-refractivity contribution in [1.29, 1.82) is 0 Å². The molecule has 0 amide bonds. The number of nitrogens with two attached hydrogens (primary N) is 1. The zero-order chi connectivity index (χ0) is 9.26. The van der Waals surface area contributed by atoms with Gasteiger partial charge >= 0.3 is 5.97 Å². The van der Waals surface area contributed by atoms with Crippen LogP contribution in [-0.4, -0.2) is 16.2 Å². The molecule has 13 heavy (non-hydrogen) atoms. The molecule has 0 saturated heterocycles. The van der Waals surface area contributed by atoms with E-state index in [0.29, 0.717) is 5.39 Å². The Kier molecular flexibility index (Phi) is 1.71. The summed E-state index contributed by atoms with van der Waals surface area (Å²) in [6, 6.07) is 7.24. The Bertz CT molecular complexity index is 449. The molecular formula is C8H7N3O2. The van der Waals surface area contributed by atoms with Gasteiger partial charge in [-0.1, -0.05) is 18.2 Å². The Morgan fingerprint density at radius 3 is 3.00 bits per heavy atom. The van der Waals surface area contributed by atoms with Crippen molar-refractivity contribution < 1.29 is 9.63 Å². The summed E-state index contributed by atoms with van der Waals surface area (Å²) in [5.74, 6) is 4.11. The van der Waals surface area contributed by atoms with E-state index in [1.807, 2.05) is 18.2 Å². The van der Waals surface area contributed by atoms with Crippen LogP contribution in [0.5, 0.6) is 0 Å². The van der Waals surface area contributed by atoms with Gasteiger partial charge in [-0.25, -0.2) is 4.79 Å². The summed E-state index contributed by atoms with van der Waals surface area (Å²) < 4.78 is 0. The zero-order valence-corrected chi connectivity index (χ0v) is 6.65. The van der Waals surface area contributed by atoms with E-state index in [1.54, 1.807) is 6.07 Å². The number of carbonyl (C=O) groups is 1. The van der Waals surface area contributed by atoms with E-state index in [1.165, 1.54) is 0 Å². The Morgan fingerprint density at radius 2 is 2.23 bits per heavy atom. The van der Waals surface area contributed by atoms with Crippen molar-refractivity contribution in [2.75, 3.05) is 0 Å². The van der Waals surface area contributed by atoms with E-state index in [9.17, 15) is 4.79 Å². The molecule has 0 aliphatic carbocycles. The number of para-hydroxylation sites is 1. The lowest BCUT2D eigenvalue weighted by Gasteiger charge is -1.92. The molecule has 1 heterocycles. The van der Waals surface area contributed by atoms with Crippen molar-refractivity contribution in [1.82, 2.24) is 10.2 Å². The van der Waals surface area contributed by atoms with Crippen molar-refractivity contribution in [2.45, 2.75) is 0 Å². The summed E-state index contributed by atoms with van der Waals surface area (Å²) in [7, 11) is 0. The summed E-state index contributed by atoms with van der Waals surface area (Å²) >= 11 is 0. The maximum atomic E-state index is 11.1. The highest BCUT2D eigenvalue weighted by atomic mass is 16.7. The molecule has 0 aliphatic rings. The zero-order valence-electron chi connectivity index (χ0n) is 6.65. The van der Waals surface area contributed by atoms with E-state index < -0.39 is 5.97 Å². The highest BCUT2D eigenvalue weighted by Gasteiger charge is 2.13. The van der Waals surface area contributed by atoms with Gasteiger partial charge in [0.05, 0.1) is 5.52 Å². The summed E-state index contributed by atoms with van der Waals surface area (Å²) in [4.78, 5) is 15.1. The molecule has 5 nitrogen and oxygen atoms in total. The smallest absolute Gasteiger partial charge is 0.368 e. The van der Waals surface area contributed by atoms with Crippen LogP contribution in [0.2, 0.25) is 0 Å². The van der Waals surface area contributed by atoms with Gasteiger partial charge in [0.25, 0.3) is 0 Å². The number of aromatic amines is 1. The molecule has 0 aliphatic heterocycles. The van der Waals surface area contributed by atoms with Crippen molar-refractivity contribution in [3.63, 3.8) is 0 Å². The van der Waals surface area contributed by atoms with Crippen molar-refractivity contribution >= 4 is 16.9 Å². The van der Waals surface area contributed by atoms with Gasteiger partial charge in [0, 0.05) is 5.39 Å². The molecule has 0 unspecified atom stereocenters. The average Bonchev–Trinajstić information content (AvgIpc) is 2.60. The highest BCUT2D eigenvalue weighted by molar-refractivity contribution is 6.01. The second-order valence-corrected chi connectivity index (χ2v) is 2.52. The van der Waals surface area contributed by atoms with Gasteiger partial charge in [-0.05, 0) is 6.07 Å². The van der Waals surface area contributed by atoms with Crippen LogP contribution in [0, 0.1) is 0 Å². The van der Waals surface area contributed by atoms with Crippen LogP contribution >= 0.6 is 0 Å². The van der Waals surface area contributed by atoms with Crippen molar-refractivity contribution in [2.24, 2.45) is 5.90 Å². The first kappa shape index (κ1) is 7.75. The van der Waals surface area contributed by atoms with E-state index in [0.717, 1.165) is 5.52 Å². The van der Waals surface area contributed by atoms with E-state index >= 15 is 0 Å². The lowest BCUT2D eigenvalue weighted by atomic mass is 10.2. The fourth-order valence-corrected chi connectivity index (χ4v) is 1.17. The molecule has 0 atom stereocenters. The maximum Gasteiger partial charge on any atom is 0.377 e. The second kappa shape index (κ2) is 2.87. The normalized spacial score (nSPS) is 10.2. The molecule has 0 spiro atoms. The summed E-state index contributed by atoms with van der Waals surface area (Å²) in [5, 5.41) is 7.19. The van der Waals surface area contributed by atoms with Gasteiger partial charge in [-0.3, -0.25) is 5.10 Å². The SMILES string of the molecule is NOC(=O)c1n[nH]c2ccccc12. The number of rotatable bonds is 1. The Hall–Kier alpha value is -1.88. The van der Waals surface area contributed by atoms with Crippen LogP contribution in [-0.2, 0) is 4.84 Å². The van der Waals surface area contributed by atoms with Gasteiger partial charge in [0.1, 0.15) is 0 Å². The quantitative estimate of drug-likeness (QED) is 0.625. The van der Waals surface area contributed by atoms with Crippen molar-refractivity contribution in [3.05, 3.63) is 30.0 Å². The second-order valence-electron chi connectivity index (χ2n) is 2.52. The molecule has 66 valence electrons. The minimum Gasteiger partial charge on any atom is -0.368 e. The van der Waals surface area contributed by atoms with Crippen LogP contribution in [0.25, 0.3) is 10.9 Å². The number of benzene rings is 1. The molecule has 1 aromatic heterocycles.